The molecule has 0 fully saturated rings. The quantitative estimate of drug-likeness (QED) is 0.0957. The molecule has 0 radical (unpaired) electrons. The Bertz CT molecular complexity index is 2380. The predicted octanol–water partition coefficient (Wildman–Crippen LogP) is 11.0. The molecule has 0 amide bonds. The number of hydrogen-bond acceptors (Lipinski definition) is 5. The molecule has 274 valence electrons. The SMILES string of the molecule is CCCc1nn(-c2[c-]c(Oc3[c-]c4c(cc3)c3ccccc3n4-c3cc(C)ccn3)cc(C)c2)c(OCOC(C)C)c1-c1cccc(C(C)(C)C)c1.[Pt+2]. The molecule has 8 heteroatoms. The average molecular weight is 886 g/mol. The van der Waals surface area contributed by atoms with Crippen LogP contribution in [0, 0.1) is 26.0 Å². The fraction of sp³-hybridized carbons (Fsp3) is 0.289. The molecule has 53 heavy (non-hydrogen) atoms. The molecule has 7 aromatic rings. The molecular formula is C45H46N4O3Pt. The van der Waals surface area contributed by atoms with Gasteiger partial charge in [0.05, 0.1) is 17.4 Å². The van der Waals surface area contributed by atoms with Gasteiger partial charge in [-0.25, -0.2) is 9.67 Å². The molecule has 0 saturated carbocycles. The molecule has 4 aromatic carbocycles. The Morgan fingerprint density at radius 3 is 2.40 bits per heavy atom. The zero-order chi connectivity index (χ0) is 36.6. The Morgan fingerprint density at radius 2 is 1.64 bits per heavy atom. The van der Waals surface area contributed by atoms with E-state index in [4.69, 9.17) is 24.3 Å². The van der Waals surface area contributed by atoms with Crippen molar-refractivity contribution in [3.05, 3.63) is 126 Å². The first-order chi connectivity index (χ1) is 25.0. The van der Waals surface area contributed by atoms with E-state index in [0.29, 0.717) is 23.1 Å². The molecule has 3 heterocycles. The summed E-state index contributed by atoms with van der Waals surface area (Å²) in [4.78, 5) is 4.72. The minimum Gasteiger partial charge on any atom is -0.509 e. The molecule has 0 aliphatic carbocycles. The third-order valence-electron chi connectivity index (χ3n) is 9.13. The van der Waals surface area contributed by atoms with E-state index in [1.54, 1.807) is 0 Å². The molecule has 0 aliphatic heterocycles. The van der Waals surface area contributed by atoms with Crippen LogP contribution < -0.4 is 9.47 Å². The van der Waals surface area contributed by atoms with Crippen LogP contribution >= 0.6 is 0 Å². The van der Waals surface area contributed by atoms with E-state index in [9.17, 15) is 0 Å². The van der Waals surface area contributed by atoms with Crippen LogP contribution in [0.5, 0.6) is 17.4 Å². The Hall–Kier alpha value is -4.71. The summed E-state index contributed by atoms with van der Waals surface area (Å²) in [5.74, 6) is 2.58. The van der Waals surface area contributed by atoms with Gasteiger partial charge in [-0.15, -0.1) is 35.7 Å². The van der Waals surface area contributed by atoms with Crippen molar-refractivity contribution in [1.29, 1.82) is 0 Å². The summed E-state index contributed by atoms with van der Waals surface area (Å²) in [6.45, 7) is 17.1. The second-order valence-electron chi connectivity index (χ2n) is 14.7. The topological polar surface area (TPSA) is 63.3 Å². The number of aryl methyl sites for hydroxylation is 3. The van der Waals surface area contributed by atoms with Gasteiger partial charge in [-0.1, -0.05) is 89.0 Å². The van der Waals surface area contributed by atoms with Crippen molar-refractivity contribution in [2.24, 2.45) is 0 Å². The standard InChI is InChI=1S/C45H46N4O3.Pt/c1-9-13-39-43(32-14-12-15-33(25-32)45(6,7)8)44(51-28-50-29(2)3)49(47-39)34-22-31(5)23-36(26-34)52-35-18-19-38-37-16-10-11-17-40(37)48(41(38)27-35)42-24-30(4)20-21-46-42;/h10-12,14-25,29H,9,13,28H2,1-8H3;/q-2;+2. The number of aromatic nitrogens is 4. The number of benzene rings is 4. The molecule has 7 nitrogen and oxygen atoms in total. The minimum absolute atomic E-state index is 0. The molecular weight excluding hydrogens is 840 g/mol. The molecule has 0 aliphatic rings. The van der Waals surface area contributed by atoms with Gasteiger partial charge < -0.3 is 18.8 Å². The molecule has 0 N–H and O–H groups in total. The first-order valence-electron chi connectivity index (χ1n) is 18.1. The second kappa shape index (κ2) is 15.7. The van der Waals surface area contributed by atoms with Crippen LogP contribution in [0.1, 0.15) is 70.3 Å². The van der Waals surface area contributed by atoms with Gasteiger partial charge in [0.25, 0.3) is 0 Å². The van der Waals surface area contributed by atoms with E-state index in [1.807, 2.05) is 49.8 Å². The van der Waals surface area contributed by atoms with E-state index in [2.05, 4.69) is 118 Å². The fourth-order valence-electron chi connectivity index (χ4n) is 6.58. The molecule has 0 unspecified atom stereocenters. The van der Waals surface area contributed by atoms with Gasteiger partial charge >= 0.3 is 21.1 Å². The average Bonchev–Trinajstić information content (AvgIpc) is 3.63. The third kappa shape index (κ3) is 7.97. The van der Waals surface area contributed by atoms with Gasteiger partial charge in [-0.3, -0.25) is 0 Å². The van der Waals surface area contributed by atoms with Crippen LogP contribution in [0.2, 0.25) is 0 Å². The summed E-state index contributed by atoms with van der Waals surface area (Å²) >= 11 is 0. The Morgan fingerprint density at radius 1 is 0.830 bits per heavy atom. The molecule has 0 atom stereocenters. The minimum atomic E-state index is -0.0137. The normalized spacial score (nSPS) is 11.7. The van der Waals surface area contributed by atoms with Crippen LogP contribution in [0.4, 0.5) is 0 Å². The van der Waals surface area contributed by atoms with E-state index >= 15 is 0 Å². The fourth-order valence-corrected chi connectivity index (χ4v) is 6.58. The number of para-hydroxylation sites is 1. The van der Waals surface area contributed by atoms with E-state index in [-0.39, 0.29) is 39.4 Å². The van der Waals surface area contributed by atoms with Crippen LogP contribution in [-0.4, -0.2) is 32.2 Å². The van der Waals surface area contributed by atoms with E-state index in [0.717, 1.165) is 68.4 Å². The number of fused-ring (bicyclic) bond motifs is 3. The van der Waals surface area contributed by atoms with Gasteiger partial charge in [-0.05, 0) is 78.6 Å². The van der Waals surface area contributed by atoms with Crippen LogP contribution in [0.3, 0.4) is 0 Å². The predicted molar refractivity (Wildman–Crippen MR) is 209 cm³/mol. The maximum absolute atomic E-state index is 6.56. The summed E-state index contributed by atoms with van der Waals surface area (Å²) < 4.78 is 22.9. The zero-order valence-corrected chi connectivity index (χ0v) is 34.0. The van der Waals surface area contributed by atoms with Crippen LogP contribution in [0.15, 0.2) is 91.1 Å². The van der Waals surface area contributed by atoms with E-state index < -0.39 is 0 Å². The van der Waals surface area contributed by atoms with Gasteiger partial charge in [0.2, 0.25) is 5.88 Å². The number of ether oxygens (including phenoxy) is 3. The van der Waals surface area contributed by atoms with Crippen molar-refractivity contribution < 1.29 is 35.3 Å². The van der Waals surface area contributed by atoms with Gasteiger partial charge in [0.15, 0.2) is 6.79 Å². The molecule has 7 rings (SSSR count). The Labute approximate surface area is 327 Å². The Kier molecular flexibility index (Phi) is 11.3. The largest absolute Gasteiger partial charge is 2.00 e. The maximum Gasteiger partial charge on any atom is 2.00 e. The van der Waals surface area contributed by atoms with Crippen molar-refractivity contribution >= 4 is 21.8 Å². The molecule has 0 bridgehead atoms. The van der Waals surface area contributed by atoms with Crippen molar-refractivity contribution in [2.45, 2.75) is 79.8 Å². The third-order valence-corrected chi connectivity index (χ3v) is 9.13. The number of nitrogens with zero attached hydrogens (tertiary/aromatic N) is 4. The molecule has 0 saturated heterocycles. The van der Waals surface area contributed by atoms with Gasteiger partial charge in [0.1, 0.15) is 5.82 Å². The smallest absolute Gasteiger partial charge is 0.509 e. The molecule has 3 aromatic heterocycles. The second-order valence-corrected chi connectivity index (χ2v) is 14.7. The number of pyridine rings is 1. The number of rotatable bonds is 11. The van der Waals surface area contributed by atoms with Crippen molar-refractivity contribution in [3.63, 3.8) is 0 Å². The first-order valence-corrected chi connectivity index (χ1v) is 18.1. The van der Waals surface area contributed by atoms with Crippen LogP contribution in [-0.2, 0) is 37.6 Å². The van der Waals surface area contributed by atoms with Crippen LogP contribution in [0.25, 0.3) is 44.4 Å². The summed E-state index contributed by atoms with van der Waals surface area (Å²) in [6.07, 6.45) is 3.58. The summed E-state index contributed by atoms with van der Waals surface area (Å²) in [5.41, 5.74) is 9.02. The summed E-state index contributed by atoms with van der Waals surface area (Å²) in [7, 11) is 0. The van der Waals surface area contributed by atoms with E-state index in [1.165, 1.54) is 5.56 Å². The van der Waals surface area contributed by atoms with Gasteiger partial charge in [0, 0.05) is 23.2 Å². The van der Waals surface area contributed by atoms with Crippen molar-refractivity contribution in [2.75, 3.05) is 6.79 Å². The van der Waals surface area contributed by atoms with Crippen molar-refractivity contribution in [1.82, 2.24) is 19.3 Å². The molecule has 0 spiro atoms. The monoisotopic (exact) mass is 885 g/mol. The zero-order valence-electron chi connectivity index (χ0n) is 31.7. The maximum atomic E-state index is 6.56. The Balaban J connectivity index is 0.00000481. The number of hydrogen-bond donors (Lipinski definition) is 0. The first kappa shape index (κ1) is 38.0. The van der Waals surface area contributed by atoms with Crippen molar-refractivity contribution in [3.8, 4) is 40.0 Å². The summed E-state index contributed by atoms with van der Waals surface area (Å²) in [5, 5.41) is 7.38. The summed E-state index contributed by atoms with van der Waals surface area (Å²) in [6, 6.07) is 36.3. The van der Waals surface area contributed by atoms with Gasteiger partial charge in [-0.2, -0.15) is 16.7 Å².